The van der Waals surface area contributed by atoms with Crippen LogP contribution in [0.3, 0.4) is 0 Å². The van der Waals surface area contributed by atoms with Gasteiger partial charge in [-0.1, -0.05) is 30.3 Å². The minimum atomic E-state index is -1.15. The fourth-order valence-electron chi connectivity index (χ4n) is 1.79. The van der Waals surface area contributed by atoms with Crippen molar-refractivity contribution in [1.82, 2.24) is 0 Å². The number of Topliss-reactive ketones (excluding diaryl/α,β-unsaturated/α-hetero) is 1. The Bertz CT molecular complexity index is 501. The zero-order valence-corrected chi connectivity index (χ0v) is 8.46. The average Bonchev–Trinajstić information content (AvgIpc) is 3.00. The molecule has 0 amide bonds. The molecule has 2 unspecified atom stereocenters. The number of epoxide rings is 1. The largest absolute Gasteiger partial charge is 0.360 e. The fourth-order valence-corrected chi connectivity index (χ4v) is 1.79. The summed E-state index contributed by atoms with van der Waals surface area (Å²) in [6.07, 6.45) is 4.43. The molecule has 0 bridgehead atoms. The topological polar surface area (TPSA) is 49.8 Å². The molecule has 1 aromatic rings. The number of carbonyl (C=O) groups is 1. The quantitative estimate of drug-likeness (QED) is 0.598. The number of rotatable bonds is 2. The van der Waals surface area contributed by atoms with E-state index in [0.29, 0.717) is 11.1 Å². The van der Waals surface area contributed by atoms with Gasteiger partial charge in [0, 0.05) is 11.1 Å². The number of ketones is 1. The molecule has 1 fully saturated rings. The van der Waals surface area contributed by atoms with Crippen LogP contribution >= 0.6 is 0 Å². The summed E-state index contributed by atoms with van der Waals surface area (Å²) in [4.78, 5) is 12.0. The lowest BCUT2D eigenvalue weighted by molar-refractivity contribution is 0.0825. The minimum Gasteiger partial charge on any atom is -0.360 e. The Morgan fingerprint density at radius 2 is 2.06 bits per heavy atom. The van der Waals surface area contributed by atoms with E-state index in [-0.39, 0.29) is 11.9 Å². The van der Waals surface area contributed by atoms with Crippen molar-refractivity contribution in [3.05, 3.63) is 59.7 Å². The van der Waals surface area contributed by atoms with Crippen molar-refractivity contribution >= 4 is 5.78 Å². The Morgan fingerprint density at radius 1 is 1.31 bits per heavy atom. The van der Waals surface area contributed by atoms with Gasteiger partial charge in [0.05, 0.1) is 0 Å². The van der Waals surface area contributed by atoms with E-state index in [0.717, 1.165) is 0 Å². The number of allylic oxidation sites excluding steroid dienone is 2. The molecule has 3 rings (SSSR count). The Kier molecular flexibility index (Phi) is 1.87. The number of carbonyl (C=O) groups excluding carboxylic acids is 1. The smallest absolute Gasteiger partial charge is 0.217 e. The molecule has 0 saturated carbocycles. The summed E-state index contributed by atoms with van der Waals surface area (Å²) < 4.78 is 5.02. The Hall–Kier alpha value is -1.71. The highest BCUT2D eigenvalue weighted by atomic mass is 16.7. The van der Waals surface area contributed by atoms with Crippen LogP contribution in [-0.4, -0.2) is 22.8 Å². The van der Waals surface area contributed by atoms with Gasteiger partial charge in [-0.15, -0.1) is 0 Å². The van der Waals surface area contributed by atoms with E-state index in [1.54, 1.807) is 24.3 Å². The molecular weight excluding hydrogens is 204 g/mol. The minimum absolute atomic E-state index is 0.0469. The van der Waals surface area contributed by atoms with E-state index >= 15 is 0 Å². The molecule has 2 aliphatic rings. The average molecular weight is 214 g/mol. The molecular formula is C13H10O3. The number of hydrogen-bond acceptors (Lipinski definition) is 3. The van der Waals surface area contributed by atoms with Crippen LogP contribution < -0.4 is 0 Å². The monoisotopic (exact) mass is 214 g/mol. The third kappa shape index (κ3) is 1.41. The molecule has 1 aliphatic heterocycles. The van der Waals surface area contributed by atoms with Crippen LogP contribution in [0.25, 0.3) is 0 Å². The number of aliphatic hydroxyl groups is 1. The van der Waals surface area contributed by atoms with Gasteiger partial charge in [0.25, 0.3) is 0 Å². The molecule has 0 radical (unpaired) electrons. The fraction of sp³-hybridized carbons (Fsp3) is 0.154. The predicted molar refractivity (Wildman–Crippen MR) is 57.8 cm³/mol. The second kappa shape index (κ2) is 3.14. The van der Waals surface area contributed by atoms with Gasteiger partial charge in [0.2, 0.25) is 5.79 Å². The summed E-state index contributed by atoms with van der Waals surface area (Å²) in [7, 11) is 0. The lowest BCUT2D eigenvalue weighted by Gasteiger charge is -2.06. The lowest BCUT2D eigenvalue weighted by atomic mass is 9.97. The second-order valence-electron chi connectivity index (χ2n) is 3.94. The number of fused-ring (bicyclic) bond motifs is 1. The van der Waals surface area contributed by atoms with Crippen molar-refractivity contribution in [2.75, 3.05) is 0 Å². The molecule has 1 aliphatic carbocycles. The van der Waals surface area contributed by atoms with E-state index < -0.39 is 5.79 Å². The van der Waals surface area contributed by atoms with Crippen molar-refractivity contribution in [2.24, 2.45) is 0 Å². The maximum absolute atomic E-state index is 12.0. The Balaban J connectivity index is 1.88. The standard InChI is InChI=1S/C13H10O3/c14-12(9-4-2-1-3-5-9)10-6-7-13(15)11(8-10)16-13/h1-8,11,15H. The molecule has 1 N–H and O–H groups in total. The molecule has 1 heterocycles. The van der Waals surface area contributed by atoms with Crippen LogP contribution in [0.1, 0.15) is 10.4 Å². The maximum Gasteiger partial charge on any atom is 0.217 e. The van der Waals surface area contributed by atoms with E-state index in [9.17, 15) is 9.90 Å². The summed E-state index contributed by atoms with van der Waals surface area (Å²) >= 11 is 0. The van der Waals surface area contributed by atoms with E-state index in [1.807, 2.05) is 18.2 Å². The summed E-state index contributed by atoms with van der Waals surface area (Å²) in [5.74, 6) is -1.20. The maximum atomic E-state index is 12.0. The molecule has 3 nitrogen and oxygen atoms in total. The van der Waals surface area contributed by atoms with E-state index in [1.165, 1.54) is 6.08 Å². The van der Waals surface area contributed by atoms with Gasteiger partial charge in [-0.3, -0.25) is 4.79 Å². The zero-order chi connectivity index (χ0) is 11.2. The third-order valence-electron chi connectivity index (χ3n) is 2.80. The van der Waals surface area contributed by atoms with Crippen LogP contribution in [0, 0.1) is 0 Å². The molecule has 3 heteroatoms. The SMILES string of the molecule is O=C(C1=CC2OC2(O)C=C1)c1ccccc1. The molecule has 80 valence electrons. The van der Waals surface area contributed by atoms with Crippen molar-refractivity contribution in [2.45, 2.75) is 11.9 Å². The van der Waals surface area contributed by atoms with Gasteiger partial charge in [-0.2, -0.15) is 0 Å². The lowest BCUT2D eigenvalue weighted by Crippen LogP contribution is -2.14. The Labute approximate surface area is 92.7 Å². The van der Waals surface area contributed by atoms with E-state index in [2.05, 4.69) is 0 Å². The van der Waals surface area contributed by atoms with Crippen LogP contribution in [0.15, 0.2) is 54.1 Å². The summed E-state index contributed by atoms with van der Waals surface area (Å²) in [5.41, 5.74) is 1.21. The summed E-state index contributed by atoms with van der Waals surface area (Å²) in [6.45, 7) is 0. The molecule has 1 aromatic carbocycles. The van der Waals surface area contributed by atoms with Gasteiger partial charge >= 0.3 is 0 Å². The highest BCUT2D eigenvalue weighted by Crippen LogP contribution is 2.40. The van der Waals surface area contributed by atoms with Crippen molar-refractivity contribution in [1.29, 1.82) is 0 Å². The first-order valence-electron chi connectivity index (χ1n) is 5.10. The molecule has 2 atom stereocenters. The first kappa shape index (κ1) is 9.51. The molecule has 0 spiro atoms. The van der Waals surface area contributed by atoms with Crippen LogP contribution in [0.4, 0.5) is 0 Å². The highest BCUT2D eigenvalue weighted by Gasteiger charge is 2.53. The molecule has 16 heavy (non-hydrogen) atoms. The summed E-state index contributed by atoms with van der Waals surface area (Å²) in [6, 6.07) is 9.05. The van der Waals surface area contributed by atoms with Gasteiger partial charge in [0.1, 0.15) is 6.10 Å². The van der Waals surface area contributed by atoms with Crippen LogP contribution in [0.2, 0.25) is 0 Å². The molecule has 1 saturated heterocycles. The third-order valence-corrected chi connectivity index (χ3v) is 2.80. The second-order valence-corrected chi connectivity index (χ2v) is 3.94. The van der Waals surface area contributed by atoms with Crippen molar-refractivity contribution in [3.8, 4) is 0 Å². The first-order valence-corrected chi connectivity index (χ1v) is 5.10. The number of hydrogen-bond donors (Lipinski definition) is 1. The van der Waals surface area contributed by atoms with Crippen LogP contribution in [0.5, 0.6) is 0 Å². The van der Waals surface area contributed by atoms with Gasteiger partial charge in [-0.05, 0) is 18.2 Å². The van der Waals surface area contributed by atoms with Crippen LogP contribution in [-0.2, 0) is 4.74 Å². The Morgan fingerprint density at radius 3 is 2.75 bits per heavy atom. The van der Waals surface area contributed by atoms with Gasteiger partial charge in [-0.25, -0.2) is 0 Å². The number of ether oxygens (including phenoxy) is 1. The highest BCUT2D eigenvalue weighted by molar-refractivity contribution is 6.10. The number of benzene rings is 1. The van der Waals surface area contributed by atoms with Gasteiger partial charge < -0.3 is 9.84 Å². The predicted octanol–water partition coefficient (Wildman–Crippen LogP) is 1.45. The first-order chi connectivity index (χ1) is 7.69. The van der Waals surface area contributed by atoms with Gasteiger partial charge in [0.15, 0.2) is 5.78 Å². The van der Waals surface area contributed by atoms with Crippen molar-refractivity contribution in [3.63, 3.8) is 0 Å². The molecule has 0 aromatic heterocycles. The zero-order valence-electron chi connectivity index (χ0n) is 8.46. The summed E-state index contributed by atoms with van der Waals surface area (Å²) in [5, 5.41) is 9.55. The van der Waals surface area contributed by atoms with E-state index in [4.69, 9.17) is 4.74 Å². The van der Waals surface area contributed by atoms with Crippen molar-refractivity contribution < 1.29 is 14.6 Å². The normalized spacial score (nSPS) is 30.6.